The summed E-state index contributed by atoms with van der Waals surface area (Å²) in [6, 6.07) is 36.1. The zero-order valence-corrected chi connectivity index (χ0v) is 36.7. The van der Waals surface area contributed by atoms with Gasteiger partial charge in [0.05, 0.1) is 25.3 Å². The third kappa shape index (κ3) is 7.69. The lowest BCUT2D eigenvalue weighted by Gasteiger charge is -2.36. The Bertz CT molecular complexity index is 2740. The number of fused-ring (bicyclic) bond motifs is 2. The molecule has 3 fully saturated rings. The van der Waals surface area contributed by atoms with Gasteiger partial charge in [-0.3, -0.25) is 4.68 Å². The van der Waals surface area contributed by atoms with Gasteiger partial charge in [-0.05, 0) is 80.3 Å². The number of benzene rings is 5. The number of carbonyl (C=O) groups excluding carboxylic acids is 1. The van der Waals surface area contributed by atoms with Gasteiger partial charge in [-0.2, -0.15) is 5.10 Å². The van der Waals surface area contributed by atoms with Crippen molar-refractivity contribution in [1.82, 2.24) is 19.7 Å². The highest BCUT2D eigenvalue weighted by Crippen LogP contribution is 2.53. The summed E-state index contributed by atoms with van der Waals surface area (Å²) in [5.41, 5.74) is 4.50. The van der Waals surface area contributed by atoms with Crippen molar-refractivity contribution in [2.45, 2.75) is 89.1 Å². The van der Waals surface area contributed by atoms with Gasteiger partial charge in [0.15, 0.2) is 0 Å². The van der Waals surface area contributed by atoms with E-state index >= 15 is 4.39 Å². The molecule has 0 radical (unpaired) electrons. The van der Waals surface area contributed by atoms with Gasteiger partial charge in [0, 0.05) is 66.0 Å². The van der Waals surface area contributed by atoms with E-state index in [-0.39, 0.29) is 35.5 Å². The van der Waals surface area contributed by atoms with Crippen molar-refractivity contribution < 1.29 is 33.2 Å². The number of carbonyl (C=O) groups is 1. The summed E-state index contributed by atoms with van der Waals surface area (Å²) in [5.74, 6) is 0.424. The van der Waals surface area contributed by atoms with E-state index in [4.69, 9.17) is 29.0 Å². The van der Waals surface area contributed by atoms with E-state index in [9.17, 15) is 9.90 Å². The van der Waals surface area contributed by atoms with Crippen LogP contribution in [-0.2, 0) is 15.0 Å². The lowest BCUT2D eigenvalue weighted by Crippen LogP contribution is -2.38. The zero-order chi connectivity index (χ0) is 44.2. The van der Waals surface area contributed by atoms with E-state index in [2.05, 4.69) is 42.5 Å². The van der Waals surface area contributed by atoms with E-state index in [1.807, 2.05) is 86.2 Å². The first-order valence-corrected chi connectivity index (χ1v) is 22.4. The van der Waals surface area contributed by atoms with Gasteiger partial charge >= 0.3 is 6.09 Å². The average Bonchev–Trinajstić information content (AvgIpc) is 3.89. The molecule has 2 aromatic heterocycles. The molecule has 0 unspecified atom stereocenters. The lowest BCUT2D eigenvalue weighted by atomic mass is 9.77. The van der Waals surface area contributed by atoms with E-state index in [1.165, 1.54) is 6.07 Å². The number of ether oxygens (including phenoxy) is 4. The summed E-state index contributed by atoms with van der Waals surface area (Å²) in [6.07, 6.45) is 4.97. The van der Waals surface area contributed by atoms with Crippen LogP contribution in [0.3, 0.4) is 0 Å². The fourth-order valence-corrected chi connectivity index (χ4v) is 9.57. The first-order chi connectivity index (χ1) is 31.0. The Morgan fingerprint density at radius 1 is 0.781 bits per heavy atom. The largest absolute Gasteiger partial charge is 0.505 e. The van der Waals surface area contributed by atoms with Crippen molar-refractivity contribution in [2.75, 3.05) is 26.3 Å². The SMILES string of the molecule is Cc1c(F)cc2nn(C(c3ccccc3)(c3ccccc3)c3ccccc3)cc2c1-c1c(C2CC2)cc2c(O[C@H]3CCN(C(=O)OC(C)(C)C)C3)cc(OC3CCOCC3)nc2c1O. The molecule has 1 saturated carbocycles. The molecule has 64 heavy (non-hydrogen) atoms. The number of likely N-dealkylation sites (tertiary alicyclic amines) is 1. The summed E-state index contributed by atoms with van der Waals surface area (Å²) >= 11 is 0. The number of pyridine rings is 1. The highest BCUT2D eigenvalue weighted by atomic mass is 19.1. The first-order valence-electron chi connectivity index (χ1n) is 22.4. The van der Waals surface area contributed by atoms with Gasteiger partial charge in [0.1, 0.15) is 46.2 Å². The lowest BCUT2D eigenvalue weighted by molar-refractivity contribution is 0.0234. The molecule has 7 aromatic rings. The molecule has 5 aromatic carbocycles. The van der Waals surface area contributed by atoms with E-state index in [0.717, 1.165) is 35.1 Å². The number of phenols is 1. The minimum atomic E-state index is -0.946. The summed E-state index contributed by atoms with van der Waals surface area (Å²) < 4.78 is 43.2. The first kappa shape index (κ1) is 41.5. The summed E-state index contributed by atoms with van der Waals surface area (Å²) in [6.45, 7) is 9.31. The number of rotatable bonds is 10. The summed E-state index contributed by atoms with van der Waals surface area (Å²) in [5, 5.41) is 19.4. The van der Waals surface area contributed by atoms with Crippen LogP contribution < -0.4 is 9.47 Å². The Morgan fingerprint density at radius 3 is 2.00 bits per heavy atom. The number of hydrogen-bond donors (Lipinski definition) is 1. The number of hydrogen-bond acceptors (Lipinski definition) is 8. The Labute approximate surface area is 372 Å². The standard InChI is InChI=1S/C53H53FN4O6/c1-33-43(54)29-44-42(32-58(56-44)53(35-14-8-5-9-15-35,36-16-10-6-11-17-36)37-18-12-7-13-19-37)47(33)48-40(34-20-21-34)28-41-45(62-39-22-25-57(31-39)51(60)64-52(2,3)4)30-46(55-49(41)50(48)59)63-38-23-26-61-27-24-38/h5-19,28-30,32,34,38-39,59H,20-27,31H2,1-4H3/t39-/m0/s1. The second-order valence-electron chi connectivity index (χ2n) is 18.4. The molecular weight excluding hydrogens is 808 g/mol. The normalized spacial score (nSPS) is 17.3. The molecule has 2 aliphatic heterocycles. The predicted octanol–water partition coefficient (Wildman–Crippen LogP) is 11.1. The minimum absolute atomic E-state index is 0.0772. The molecule has 328 valence electrons. The molecule has 2 saturated heterocycles. The number of aromatic hydroxyl groups is 1. The maximum atomic E-state index is 16.6. The Hall–Kier alpha value is -6.46. The summed E-state index contributed by atoms with van der Waals surface area (Å²) in [7, 11) is 0. The number of amides is 1. The van der Waals surface area contributed by atoms with Gasteiger partial charge in [0.2, 0.25) is 5.88 Å². The summed E-state index contributed by atoms with van der Waals surface area (Å²) in [4.78, 5) is 19.7. The second kappa shape index (κ2) is 16.6. The third-order valence-electron chi connectivity index (χ3n) is 12.8. The fourth-order valence-electron chi connectivity index (χ4n) is 9.57. The van der Waals surface area contributed by atoms with Crippen LogP contribution in [0.15, 0.2) is 115 Å². The number of halogens is 1. The second-order valence-corrected chi connectivity index (χ2v) is 18.4. The van der Waals surface area contributed by atoms with Crippen LogP contribution in [0.1, 0.15) is 86.6 Å². The number of aromatic nitrogens is 3. The maximum Gasteiger partial charge on any atom is 0.410 e. The van der Waals surface area contributed by atoms with Gasteiger partial charge < -0.3 is 29.0 Å². The molecule has 10 nitrogen and oxygen atoms in total. The highest BCUT2D eigenvalue weighted by Gasteiger charge is 2.41. The van der Waals surface area contributed by atoms with Crippen LogP contribution in [0.5, 0.6) is 17.4 Å². The van der Waals surface area contributed by atoms with Crippen molar-refractivity contribution in [2.24, 2.45) is 0 Å². The number of phenolic OH excluding ortho intramolecular Hbond substituents is 1. The Morgan fingerprint density at radius 2 is 1.41 bits per heavy atom. The van der Waals surface area contributed by atoms with E-state index < -0.39 is 17.0 Å². The zero-order valence-electron chi connectivity index (χ0n) is 36.7. The molecule has 1 atom stereocenters. The van der Waals surface area contributed by atoms with Crippen LogP contribution in [0.25, 0.3) is 32.9 Å². The average molecular weight is 861 g/mol. The smallest absolute Gasteiger partial charge is 0.410 e. The van der Waals surface area contributed by atoms with Crippen molar-refractivity contribution in [1.29, 1.82) is 0 Å². The van der Waals surface area contributed by atoms with Crippen LogP contribution in [-0.4, -0.2) is 75.0 Å². The van der Waals surface area contributed by atoms with Crippen LogP contribution in [0.2, 0.25) is 0 Å². The van der Waals surface area contributed by atoms with Gasteiger partial charge in [-0.15, -0.1) is 0 Å². The van der Waals surface area contributed by atoms with Gasteiger partial charge in [0.25, 0.3) is 0 Å². The molecule has 1 amide bonds. The topological polar surface area (TPSA) is 108 Å². The quantitative estimate of drug-likeness (QED) is 0.135. The Kier molecular flexibility index (Phi) is 10.8. The molecule has 11 heteroatoms. The monoisotopic (exact) mass is 860 g/mol. The molecule has 3 aliphatic rings. The van der Waals surface area contributed by atoms with Crippen molar-refractivity contribution in [3.63, 3.8) is 0 Å². The highest BCUT2D eigenvalue weighted by molar-refractivity contribution is 6.05. The van der Waals surface area contributed by atoms with Crippen LogP contribution in [0.4, 0.5) is 9.18 Å². The molecule has 0 spiro atoms. The van der Waals surface area contributed by atoms with Crippen LogP contribution in [0, 0.1) is 12.7 Å². The molecule has 1 aliphatic carbocycles. The van der Waals surface area contributed by atoms with E-state index in [0.29, 0.717) is 90.2 Å². The predicted molar refractivity (Wildman–Crippen MR) is 245 cm³/mol. The van der Waals surface area contributed by atoms with Crippen molar-refractivity contribution >= 4 is 27.9 Å². The van der Waals surface area contributed by atoms with Crippen molar-refractivity contribution in [3.05, 3.63) is 149 Å². The van der Waals surface area contributed by atoms with Crippen molar-refractivity contribution in [3.8, 4) is 28.5 Å². The molecule has 10 rings (SSSR count). The van der Waals surface area contributed by atoms with E-state index in [1.54, 1.807) is 17.9 Å². The van der Waals surface area contributed by atoms with Gasteiger partial charge in [-0.25, -0.2) is 14.2 Å². The molecular formula is C53H53FN4O6. The third-order valence-corrected chi connectivity index (χ3v) is 12.8. The van der Waals surface area contributed by atoms with Crippen LogP contribution >= 0.6 is 0 Å². The maximum absolute atomic E-state index is 16.6. The van der Waals surface area contributed by atoms with Gasteiger partial charge in [-0.1, -0.05) is 91.0 Å². The minimum Gasteiger partial charge on any atom is -0.505 e. The Balaban J connectivity index is 1.17. The fraction of sp³-hybridized carbons (Fsp3) is 0.340. The molecule has 0 bridgehead atoms. The molecule has 1 N–H and O–H groups in total. The molecule has 4 heterocycles. The number of nitrogens with zero attached hydrogens (tertiary/aromatic N) is 4.